The first-order valence-corrected chi connectivity index (χ1v) is 6.56. The summed E-state index contributed by atoms with van der Waals surface area (Å²) < 4.78 is 2.39. The predicted octanol–water partition coefficient (Wildman–Crippen LogP) is 3.57. The molecule has 1 amide bonds. The SMILES string of the molecule is CCn1cc(Cl)cc1C(=O)Nc1cccnc1Br. The first-order valence-electron chi connectivity index (χ1n) is 5.39. The molecule has 0 bridgehead atoms. The van der Waals surface area contributed by atoms with E-state index in [9.17, 15) is 4.79 Å². The van der Waals surface area contributed by atoms with Crippen LogP contribution in [0.4, 0.5) is 5.69 Å². The van der Waals surface area contributed by atoms with Crippen LogP contribution >= 0.6 is 27.5 Å². The van der Waals surface area contributed by atoms with Gasteiger partial charge in [-0.05, 0) is 41.1 Å². The number of nitrogens with zero attached hydrogens (tertiary/aromatic N) is 2. The van der Waals surface area contributed by atoms with Crippen LogP contribution in [0.15, 0.2) is 35.2 Å². The van der Waals surface area contributed by atoms with Gasteiger partial charge in [-0.15, -0.1) is 0 Å². The molecule has 2 rings (SSSR count). The second-order valence-corrected chi connectivity index (χ2v) is 4.81. The van der Waals surface area contributed by atoms with E-state index < -0.39 is 0 Å². The van der Waals surface area contributed by atoms with Gasteiger partial charge in [0.05, 0.1) is 10.7 Å². The Hall–Kier alpha value is -1.33. The number of aromatic nitrogens is 2. The second-order valence-electron chi connectivity index (χ2n) is 3.63. The van der Waals surface area contributed by atoms with Crippen LogP contribution < -0.4 is 5.32 Å². The van der Waals surface area contributed by atoms with Crippen molar-refractivity contribution in [1.82, 2.24) is 9.55 Å². The highest BCUT2D eigenvalue weighted by molar-refractivity contribution is 9.10. The van der Waals surface area contributed by atoms with Gasteiger partial charge in [0.2, 0.25) is 0 Å². The smallest absolute Gasteiger partial charge is 0.272 e. The molecular formula is C12H11BrClN3O. The summed E-state index contributed by atoms with van der Waals surface area (Å²) in [5.41, 5.74) is 1.15. The lowest BCUT2D eigenvalue weighted by atomic mass is 10.3. The predicted molar refractivity (Wildman–Crippen MR) is 75.0 cm³/mol. The highest BCUT2D eigenvalue weighted by Crippen LogP contribution is 2.20. The summed E-state index contributed by atoms with van der Waals surface area (Å²) in [5.74, 6) is -0.211. The van der Waals surface area contributed by atoms with Crippen molar-refractivity contribution in [2.24, 2.45) is 0 Å². The average molecular weight is 329 g/mol. The second kappa shape index (κ2) is 5.54. The average Bonchev–Trinajstić information content (AvgIpc) is 2.73. The Morgan fingerprint density at radius 3 is 3.06 bits per heavy atom. The number of nitrogens with one attached hydrogen (secondary N) is 1. The molecule has 94 valence electrons. The van der Waals surface area contributed by atoms with E-state index in [1.54, 1.807) is 35.2 Å². The van der Waals surface area contributed by atoms with Gasteiger partial charge in [0.25, 0.3) is 5.91 Å². The summed E-state index contributed by atoms with van der Waals surface area (Å²) in [7, 11) is 0. The number of rotatable bonds is 3. The van der Waals surface area contributed by atoms with Crippen molar-refractivity contribution in [3.63, 3.8) is 0 Å². The third-order valence-corrected chi connectivity index (χ3v) is 3.28. The molecule has 2 heterocycles. The molecule has 6 heteroatoms. The molecule has 0 saturated heterocycles. The molecule has 0 spiro atoms. The molecule has 0 radical (unpaired) electrons. The third kappa shape index (κ3) is 2.73. The van der Waals surface area contributed by atoms with E-state index in [2.05, 4.69) is 26.2 Å². The highest BCUT2D eigenvalue weighted by Gasteiger charge is 2.13. The van der Waals surface area contributed by atoms with E-state index in [4.69, 9.17) is 11.6 Å². The van der Waals surface area contributed by atoms with Gasteiger partial charge >= 0.3 is 0 Å². The monoisotopic (exact) mass is 327 g/mol. The van der Waals surface area contributed by atoms with E-state index in [-0.39, 0.29) is 5.91 Å². The Morgan fingerprint density at radius 1 is 1.61 bits per heavy atom. The van der Waals surface area contributed by atoms with E-state index in [0.29, 0.717) is 27.6 Å². The Morgan fingerprint density at radius 2 is 2.39 bits per heavy atom. The molecule has 0 aliphatic rings. The number of hydrogen-bond donors (Lipinski definition) is 1. The largest absolute Gasteiger partial charge is 0.342 e. The summed E-state index contributed by atoms with van der Waals surface area (Å²) >= 11 is 9.18. The quantitative estimate of drug-likeness (QED) is 0.876. The Balaban J connectivity index is 2.25. The van der Waals surface area contributed by atoms with Crippen molar-refractivity contribution >= 4 is 39.1 Å². The number of carbonyl (C=O) groups is 1. The van der Waals surface area contributed by atoms with Gasteiger partial charge in [0.1, 0.15) is 10.3 Å². The summed E-state index contributed by atoms with van der Waals surface area (Å²) in [6.07, 6.45) is 3.38. The van der Waals surface area contributed by atoms with Crippen LogP contribution in [0.2, 0.25) is 5.02 Å². The van der Waals surface area contributed by atoms with Gasteiger partial charge < -0.3 is 9.88 Å². The van der Waals surface area contributed by atoms with Crippen LogP contribution in [-0.2, 0) is 6.54 Å². The zero-order valence-electron chi connectivity index (χ0n) is 9.65. The minimum Gasteiger partial charge on any atom is -0.342 e. The van der Waals surface area contributed by atoms with Gasteiger partial charge in [-0.1, -0.05) is 11.6 Å². The fourth-order valence-corrected chi connectivity index (χ4v) is 2.16. The number of carbonyl (C=O) groups excluding carboxylic acids is 1. The van der Waals surface area contributed by atoms with Crippen LogP contribution in [0.25, 0.3) is 0 Å². The molecule has 0 saturated carbocycles. The van der Waals surface area contributed by atoms with Crippen molar-refractivity contribution in [2.75, 3.05) is 5.32 Å². The standard InChI is InChI=1S/C12H11BrClN3O/c1-2-17-7-8(14)6-10(17)12(18)16-9-4-3-5-15-11(9)13/h3-7H,2H2,1H3,(H,16,18). The van der Waals surface area contributed by atoms with Crippen LogP contribution in [-0.4, -0.2) is 15.5 Å². The zero-order valence-corrected chi connectivity index (χ0v) is 12.0. The maximum atomic E-state index is 12.1. The molecule has 0 fully saturated rings. The number of pyridine rings is 1. The number of hydrogen-bond acceptors (Lipinski definition) is 2. The van der Waals surface area contributed by atoms with Crippen LogP contribution in [0, 0.1) is 0 Å². The fourth-order valence-electron chi connectivity index (χ4n) is 1.59. The number of halogens is 2. The lowest BCUT2D eigenvalue weighted by molar-refractivity contribution is 0.101. The maximum absolute atomic E-state index is 12.1. The molecule has 0 aromatic carbocycles. The molecule has 2 aromatic rings. The minimum atomic E-state index is -0.211. The lowest BCUT2D eigenvalue weighted by Gasteiger charge is -2.08. The van der Waals surface area contributed by atoms with Gasteiger partial charge in [-0.25, -0.2) is 4.98 Å². The zero-order chi connectivity index (χ0) is 13.1. The molecule has 2 aromatic heterocycles. The van der Waals surface area contributed by atoms with E-state index in [0.717, 1.165) is 0 Å². The first kappa shape index (κ1) is 13.1. The summed E-state index contributed by atoms with van der Waals surface area (Å²) in [5, 5.41) is 3.34. The number of amides is 1. The topological polar surface area (TPSA) is 46.9 Å². The molecule has 0 unspecified atom stereocenters. The Labute approximate surface area is 118 Å². The first-order chi connectivity index (χ1) is 8.61. The van der Waals surface area contributed by atoms with Crippen LogP contribution in [0.1, 0.15) is 17.4 Å². The van der Waals surface area contributed by atoms with E-state index >= 15 is 0 Å². The van der Waals surface area contributed by atoms with Gasteiger partial charge in [0.15, 0.2) is 0 Å². The van der Waals surface area contributed by atoms with Crippen molar-refractivity contribution in [2.45, 2.75) is 13.5 Å². The number of anilines is 1. The number of aryl methyl sites for hydroxylation is 1. The van der Waals surface area contributed by atoms with Crippen molar-refractivity contribution in [3.8, 4) is 0 Å². The summed E-state index contributed by atoms with van der Waals surface area (Å²) in [6, 6.07) is 5.17. The Kier molecular flexibility index (Phi) is 4.04. The maximum Gasteiger partial charge on any atom is 0.272 e. The lowest BCUT2D eigenvalue weighted by Crippen LogP contribution is -2.16. The molecule has 0 aliphatic carbocycles. The normalized spacial score (nSPS) is 10.4. The molecule has 0 aliphatic heterocycles. The van der Waals surface area contributed by atoms with Crippen molar-refractivity contribution < 1.29 is 4.79 Å². The van der Waals surface area contributed by atoms with Crippen molar-refractivity contribution in [3.05, 3.63) is 45.9 Å². The van der Waals surface area contributed by atoms with Gasteiger partial charge in [0, 0.05) is 18.9 Å². The van der Waals surface area contributed by atoms with Gasteiger partial charge in [-0.2, -0.15) is 0 Å². The molecule has 18 heavy (non-hydrogen) atoms. The van der Waals surface area contributed by atoms with E-state index in [1.807, 2.05) is 6.92 Å². The summed E-state index contributed by atoms with van der Waals surface area (Å²) in [6.45, 7) is 2.64. The highest BCUT2D eigenvalue weighted by atomic mass is 79.9. The summed E-state index contributed by atoms with van der Waals surface area (Å²) in [4.78, 5) is 16.2. The Bertz CT molecular complexity index is 582. The fraction of sp³-hybridized carbons (Fsp3) is 0.167. The third-order valence-electron chi connectivity index (χ3n) is 2.44. The van der Waals surface area contributed by atoms with E-state index in [1.165, 1.54) is 0 Å². The van der Waals surface area contributed by atoms with Crippen LogP contribution in [0.3, 0.4) is 0 Å². The van der Waals surface area contributed by atoms with Crippen LogP contribution in [0.5, 0.6) is 0 Å². The molecule has 1 N–H and O–H groups in total. The molecular weight excluding hydrogens is 318 g/mol. The minimum absolute atomic E-state index is 0.211. The van der Waals surface area contributed by atoms with Gasteiger partial charge in [-0.3, -0.25) is 4.79 Å². The molecule has 4 nitrogen and oxygen atoms in total. The molecule has 0 atom stereocenters. The van der Waals surface area contributed by atoms with Crippen molar-refractivity contribution in [1.29, 1.82) is 0 Å².